The number of hydrogen-bond acceptors (Lipinski definition) is 2. The van der Waals surface area contributed by atoms with Crippen molar-refractivity contribution in [2.75, 3.05) is 6.61 Å². The summed E-state index contributed by atoms with van der Waals surface area (Å²) in [5.74, 6) is 0.781. The predicted octanol–water partition coefficient (Wildman–Crippen LogP) is 3.45. The quantitative estimate of drug-likeness (QED) is 0.875. The highest BCUT2D eigenvalue weighted by Crippen LogP contribution is 2.31. The van der Waals surface area contributed by atoms with Crippen molar-refractivity contribution in [1.82, 2.24) is 5.32 Å². The highest BCUT2D eigenvalue weighted by molar-refractivity contribution is 9.08. The second-order valence-electron chi connectivity index (χ2n) is 4.71. The summed E-state index contributed by atoms with van der Waals surface area (Å²) in [5.41, 5.74) is 2.85. The zero-order chi connectivity index (χ0) is 13.9. The van der Waals surface area contributed by atoms with E-state index >= 15 is 0 Å². The van der Waals surface area contributed by atoms with Crippen LogP contribution in [0.25, 0.3) is 0 Å². The van der Waals surface area contributed by atoms with Crippen molar-refractivity contribution < 1.29 is 9.53 Å². The Kier molecular flexibility index (Phi) is 3.74. The van der Waals surface area contributed by atoms with E-state index in [4.69, 9.17) is 4.74 Å². The van der Waals surface area contributed by atoms with E-state index in [2.05, 4.69) is 21.2 Å². The van der Waals surface area contributed by atoms with Gasteiger partial charge in [-0.1, -0.05) is 46.3 Å². The average Bonchev–Trinajstić information content (AvgIpc) is 2.91. The molecule has 102 valence electrons. The van der Waals surface area contributed by atoms with Gasteiger partial charge in [0.1, 0.15) is 12.4 Å². The summed E-state index contributed by atoms with van der Waals surface area (Å²) in [5, 5.41) is 3.80. The second-order valence-corrected chi connectivity index (χ2v) is 5.27. The summed E-state index contributed by atoms with van der Waals surface area (Å²) in [7, 11) is 0. The van der Waals surface area contributed by atoms with Crippen LogP contribution in [0.15, 0.2) is 48.5 Å². The van der Waals surface area contributed by atoms with Gasteiger partial charge in [-0.3, -0.25) is 4.79 Å². The van der Waals surface area contributed by atoms with Gasteiger partial charge in [0.15, 0.2) is 0 Å². The first-order chi connectivity index (χ1) is 9.78. The van der Waals surface area contributed by atoms with E-state index in [9.17, 15) is 4.79 Å². The van der Waals surface area contributed by atoms with Gasteiger partial charge in [-0.05, 0) is 23.8 Å². The van der Waals surface area contributed by atoms with Gasteiger partial charge in [0.2, 0.25) is 0 Å². The van der Waals surface area contributed by atoms with Crippen molar-refractivity contribution in [2.24, 2.45) is 0 Å². The van der Waals surface area contributed by atoms with Gasteiger partial charge in [0, 0.05) is 16.5 Å². The molecule has 2 aromatic carbocycles. The number of alkyl halides is 1. The molecule has 0 spiro atoms. The Hall–Kier alpha value is -1.81. The topological polar surface area (TPSA) is 38.3 Å². The fraction of sp³-hybridized carbons (Fsp3) is 0.188. The Balaban J connectivity index is 1.73. The van der Waals surface area contributed by atoms with Crippen LogP contribution in [0.4, 0.5) is 0 Å². The van der Waals surface area contributed by atoms with Crippen molar-refractivity contribution in [3.8, 4) is 5.75 Å². The molecule has 3 nitrogen and oxygen atoms in total. The van der Waals surface area contributed by atoms with E-state index < -0.39 is 0 Å². The van der Waals surface area contributed by atoms with Crippen molar-refractivity contribution in [2.45, 2.75) is 11.4 Å². The van der Waals surface area contributed by atoms with Gasteiger partial charge in [-0.2, -0.15) is 0 Å². The molecule has 1 amide bonds. The number of nitrogens with one attached hydrogen (secondary N) is 1. The molecule has 2 aromatic rings. The lowest BCUT2D eigenvalue weighted by atomic mass is 10.1. The normalized spacial score (nSPS) is 16.4. The molecule has 1 aliphatic heterocycles. The van der Waals surface area contributed by atoms with Crippen molar-refractivity contribution in [3.05, 3.63) is 65.2 Å². The molecule has 0 bridgehead atoms. The molecule has 0 saturated heterocycles. The van der Waals surface area contributed by atoms with E-state index in [1.165, 1.54) is 0 Å². The highest BCUT2D eigenvalue weighted by atomic mass is 79.9. The minimum Gasteiger partial charge on any atom is -0.491 e. The van der Waals surface area contributed by atoms with Crippen LogP contribution in [0, 0.1) is 0 Å². The third kappa shape index (κ3) is 2.56. The van der Waals surface area contributed by atoms with Gasteiger partial charge in [-0.25, -0.2) is 0 Å². The summed E-state index contributed by atoms with van der Waals surface area (Å²) < 4.78 is 5.56. The molecule has 20 heavy (non-hydrogen) atoms. The van der Waals surface area contributed by atoms with E-state index in [1.54, 1.807) is 0 Å². The fourth-order valence-corrected chi connectivity index (χ4v) is 2.64. The summed E-state index contributed by atoms with van der Waals surface area (Å²) in [6, 6.07) is 15.3. The lowest BCUT2D eigenvalue weighted by Crippen LogP contribution is -2.29. The average molecular weight is 332 g/mol. The first-order valence-electron chi connectivity index (χ1n) is 6.45. The first kappa shape index (κ1) is 13.2. The van der Waals surface area contributed by atoms with E-state index in [-0.39, 0.29) is 11.9 Å². The number of benzene rings is 2. The lowest BCUT2D eigenvalue weighted by Gasteiger charge is -2.12. The van der Waals surface area contributed by atoms with Gasteiger partial charge in [0.25, 0.3) is 5.91 Å². The van der Waals surface area contributed by atoms with Crippen molar-refractivity contribution in [3.63, 3.8) is 0 Å². The smallest absolute Gasteiger partial charge is 0.251 e. The third-order valence-electron chi connectivity index (χ3n) is 3.38. The van der Waals surface area contributed by atoms with Crippen molar-refractivity contribution >= 4 is 21.8 Å². The van der Waals surface area contributed by atoms with E-state index in [1.807, 2.05) is 48.5 Å². The number of ether oxygens (including phenoxy) is 1. The summed E-state index contributed by atoms with van der Waals surface area (Å²) in [4.78, 5) is 12.2. The monoisotopic (exact) mass is 331 g/mol. The van der Waals surface area contributed by atoms with Crippen LogP contribution in [0.3, 0.4) is 0 Å². The number of para-hydroxylation sites is 1. The number of carbonyl (C=O) groups excluding carboxylic acids is 1. The number of hydrogen-bond donors (Lipinski definition) is 1. The van der Waals surface area contributed by atoms with Gasteiger partial charge in [-0.15, -0.1) is 0 Å². The third-order valence-corrected chi connectivity index (χ3v) is 4.02. The van der Waals surface area contributed by atoms with Crippen LogP contribution in [-0.4, -0.2) is 12.5 Å². The molecule has 1 N–H and O–H groups in total. The van der Waals surface area contributed by atoms with Crippen LogP contribution in [-0.2, 0) is 5.33 Å². The minimum absolute atomic E-state index is 0.0728. The zero-order valence-electron chi connectivity index (χ0n) is 10.8. The SMILES string of the molecule is O=C(NC1COc2ccccc21)c1ccc(CBr)cc1. The first-order valence-corrected chi connectivity index (χ1v) is 7.57. The van der Waals surface area contributed by atoms with E-state index in [0.717, 1.165) is 22.2 Å². The maximum absolute atomic E-state index is 12.2. The van der Waals surface area contributed by atoms with Crippen LogP contribution >= 0.6 is 15.9 Å². The lowest BCUT2D eigenvalue weighted by molar-refractivity contribution is 0.0930. The molecule has 1 aliphatic rings. The van der Waals surface area contributed by atoms with Crippen LogP contribution < -0.4 is 10.1 Å². The van der Waals surface area contributed by atoms with E-state index in [0.29, 0.717) is 12.2 Å². The molecule has 0 aliphatic carbocycles. The summed E-state index contributed by atoms with van der Waals surface area (Å²) >= 11 is 3.39. The molecule has 1 atom stereocenters. The molecule has 0 saturated carbocycles. The summed E-state index contributed by atoms with van der Waals surface area (Å²) in [6.45, 7) is 0.491. The van der Waals surface area contributed by atoms with Crippen LogP contribution in [0.5, 0.6) is 5.75 Å². The predicted molar refractivity (Wildman–Crippen MR) is 81.2 cm³/mol. The fourth-order valence-electron chi connectivity index (χ4n) is 2.27. The van der Waals surface area contributed by atoms with Crippen LogP contribution in [0.1, 0.15) is 27.5 Å². The van der Waals surface area contributed by atoms with Gasteiger partial charge < -0.3 is 10.1 Å². The molecule has 0 aromatic heterocycles. The summed E-state index contributed by atoms with van der Waals surface area (Å²) in [6.07, 6.45) is 0. The largest absolute Gasteiger partial charge is 0.491 e. The molecule has 0 radical (unpaired) electrons. The minimum atomic E-state index is -0.0745. The second kappa shape index (κ2) is 5.67. The highest BCUT2D eigenvalue weighted by Gasteiger charge is 2.25. The standard InChI is InChI=1S/C16H14BrNO2/c17-9-11-5-7-12(8-6-11)16(19)18-14-10-20-15-4-2-1-3-13(14)15/h1-8,14H,9-10H2,(H,18,19). The Bertz CT molecular complexity index is 625. The van der Waals surface area contributed by atoms with Crippen LogP contribution in [0.2, 0.25) is 0 Å². The molecule has 3 rings (SSSR count). The molecule has 0 fully saturated rings. The molecule has 1 heterocycles. The Morgan fingerprint density at radius 3 is 2.70 bits per heavy atom. The van der Waals surface area contributed by atoms with Crippen molar-refractivity contribution in [1.29, 1.82) is 0 Å². The molecule has 4 heteroatoms. The van der Waals surface area contributed by atoms with Gasteiger partial charge in [0.05, 0.1) is 6.04 Å². The number of rotatable bonds is 3. The molecular weight excluding hydrogens is 318 g/mol. The Labute approximate surface area is 126 Å². The maximum Gasteiger partial charge on any atom is 0.251 e. The Morgan fingerprint density at radius 2 is 1.95 bits per heavy atom. The van der Waals surface area contributed by atoms with Gasteiger partial charge >= 0.3 is 0 Å². The molecular formula is C16H14BrNO2. The zero-order valence-corrected chi connectivity index (χ0v) is 12.4. The molecule has 1 unspecified atom stereocenters. The maximum atomic E-state index is 12.2. The number of fused-ring (bicyclic) bond motifs is 1. The number of carbonyl (C=O) groups is 1. The number of amides is 1. The Morgan fingerprint density at radius 1 is 1.20 bits per heavy atom. The number of halogens is 1.